The molecule has 4 heteroatoms. The van der Waals surface area contributed by atoms with Crippen molar-refractivity contribution in [3.8, 4) is 0 Å². The van der Waals surface area contributed by atoms with Gasteiger partial charge in [-0.15, -0.1) is 0 Å². The third-order valence-corrected chi connectivity index (χ3v) is 15.7. The summed E-state index contributed by atoms with van der Waals surface area (Å²) in [4.78, 5) is 5.21. The number of anilines is 6. The van der Waals surface area contributed by atoms with E-state index in [9.17, 15) is 0 Å². The average molecular weight is 813 g/mol. The van der Waals surface area contributed by atoms with E-state index in [0.717, 1.165) is 18.7 Å². The summed E-state index contributed by atoms with van der Waals surface area (Å²) in [5.41, 5.74) is 20.1. The Labute approximate surface area is 369 Å². The molecule has 4 aliphatic rings. The number of hydrogen-bond donors (Lipinski definition) is 0. The summed E-state index contributed by atoms with van der Waals surface area (Å²) < 4.78 is 7.66. The molecule has 0 radical (unpaired) electrons. The summed E-state index contributed by atoms with van der Waals surface area (Å²) >= 11 is 0. The van der Waals surface area contributed by atoms with Gasteiger partial charge in [-0.2, -0.15) is 0 Å². The van der Waals surface area contributed by atoms with Crippen molar-refractivity contribution in [1.29, 1.82) is 0 Å². The quantitative estimate of drug-likeness (QED) is 0.162. The van der Waals surface area contributed by atoms with Crippen molar-refractivity contribution in [2.45, 2.75) is 188 Å². The van der Waals surface area contributed by atoms with E-state index in [0.29, 0.717) is 0 Å². The van der Waals surface area contributed by atoms with Gasteiger partial charge in [-0.05, 0) is 157 Å². The molecule has 3 heterocycles. The van der Waals surface area contributed by atoms with Gasteiger partial charge in [0.1, 0.15) is 5.76 Å². The fraction of sp³-hybridized carbons (Fsp3) is 0.509. The average Bonchev–Trinajstić information content (AvgIpc) is 3.57. The van der Waals surface area contributed by atoms with Crippen LogP contribution >= 0.6 is 0 Å². The smallest absolute Gasteiger partial charge is 0.256 e. The number of hydrogen-bond acceptors (Lipinski definition) is 3. The van der Waals surface area contributed by atoms with Crippen LogP contribution in [0, 0.1) is 6.92 Å². The van der Waals surface area contributed by atoms with Gasteiger partial charge in [0, 0.05) is 33.9 Å². The van der Waals surface area contributed by atoms with E-state index in [-0.39, 0.29) is 44.6 Å². The van der Waals surface area contributed by atoms with Gasteiger partial charge in [-0.25, -0.2) is 0 Å². The van der Waals surface area contributed by atoms with E-state index in [1.165, 1.54) is 102 Å². The van der Waals surface area contributed by atoms with Crippen LogP contribution in [0.5, 0.6) is 0 Å². The van der Waals surface area contributed by atoms with Crippen molar-refractivity contribution in [1.82, 2.24) is 0 Å². The van der Waals surface area contributed by atoms with E-state index in [1.807, 2.05) is 0 Å². The van der Waals surface area contributed by atoms with Crippen LogP contribution < -0.4 is 26.2 Å². The van der Waals surface area contributed by atoms with E-state index < -0.39 is 0 Å². The Morgan fingerprint density at radius 3 is 1.61 bits per heavy atom. The molecule has 0 saturated carbocycles. The molecule has 0 atom stereocenters. The molecule has 0 fully saturated rings. The SMILES string of the molecule is Cc1cc(C(C)(C)C)ccc1N1c2ccc(C(C)(C)C)cc2B2c3c1cc(C(C)(C)C)cc3N(c1ccc3c(c1)C(C)(C)CCC3(C)C)c1oc3c(c12)C(C)(C)CCC3(C)C. The number of rotatable bonds is 2. The van der Waals surface area contributed by atoms with Gasteiger partial charge in [-0.1, -0.05) is 148 Å². The van der Waals surface area contributed by atoms with E-state index in [2.05, 4.69) is 201 Å². The zero-order valence-corrected chi connectivity index (χ0v) is 41.1. The lowest BCUT2D eigenvalue weighted by Gasteiger charge is -2.46. The van der Waals surface area contributed by atoms with Crippen molar-refractivity contribution in [2.24, 2.45) is 0 Å². The maximum Gasteiger partial charge on any atom is 0.256 e. The summed E-state index contributed by atoms with van der Waals surface area (Å²) in [5.74, 6) is 2.19. The first-order valence-corrected chi connectivity index (χ1v) is 23.4. The Bertz CT molecular complexity index is 2630. The molecule has 3 nitrogen and oxygen atoms in total. The molecule has 2 aliphatic heterocycles. The number of fused-ring (bicyclic) bond motifs is 7. The third-order valence-electron chi connectivity index (χ3n) is 15.7. The Hall–Kier alpha value is -4.18. The topological polar surface area (TPSA) is 19.6 Å². The molecular formula is C57H73BN2O. The minimum atomic E-state index is -0.103. The van der Waals surface area contributed by atoms with Crippen molar-refractivity contribution in [2.75, 3.05) is 9.80 Å². The zero-order valence-electron chi connectivity index (χ0n) is 41.1. The summed E-state index contributed by atoms with van der Waals surface area (Å²) in [6, 6.07) is 27.1. The van der Waals surface area contributed by atoms with Gasteiger partial charge in [0.2, 0.25) is 0 Å². The standard InChI is InChI=1S/C57H73BN2O/c1-34-29-35(51(2,3)4)19-23-42(34)60-43-24-20-36(52(5,6)7)30-41(43)58-47-44(31-37(32-45(47)60)53(8,9)10)59(38-21-22-39-40(33-38)55(13,14)26-25-54(39,11)12)50-48(58)46-49(61-50)57(17,18)28-27-56(46,15)16/h19-24,29-33H,25-28H2,1-18H3. The monoisotopic (exact) mass is 813 g/mol. The Kier molecular flexibility index (Phi) is 8.95. The van der Waals surface area contributed by atoms with E-state index >= 15 is 0 Å². The highest BCUT2D eigenvalue weighted by molar-refractivity contribution is 7.00. The van der Waals surface area contributed by atoms with Crippen LogP contribution in [-0.2, 0) is 37.9 Å². The number of aryl methyl sites for hydroxylation is 1. The second-order valence-corrected chi connectivity index (χ2v) is 25.3. The predicted molar refractivity (Wildman–Crippen MR) is 264 cm³/mol. The Morgan fingerprint density at radius 2 is 1.02 bits per heavy atom. The first kappa shape index (κ1) is 42.1. The molecule has 2 aliphatic carbocycles. The minimum Gasteiger partial charge on any atom is -0.444 e. The fourth-order valence-electron chi connectivity index (χ4n) is 11.4. The highest BCUT2D eigenvalue weighted by Gasteiger charge is 2.53. The predicted octanol–water partition coefficient (Wildman–Crippen LogP) is 14.3. The summed E-state index contributed by atoms with van der Waals surface area (Å²) in [6.07, 6.45) is 4.59. The minimum absolute atomic E-state index is 0.00153. The number of nitrogens with zero attached hydrogens (tertiary/aromatic N) is 2. The van der Waals surface area contributed by atoms with Gasteiger partial charge >= 0.3 is 0 Å². The normalized spacial score (nSPS) is 19.5. The summed E-state index contributed by atoms with van der Waals surface area (Å²) in [7, 11) is 0. The van der Waals surface area contributed by atoms with Crippen LogP contribution in [0.15, 0.2) is 71.1 Å². The fourth-order valence-corrected chi connectivity index (χ4v) is 11.4. The Morgan fingerprint density at radius 1 is 0.492 bits per heavy atom. The van der Waals surface area contributed by atoms with E-state index in [4.69, 9.17) is 4.42 Å². The molecule has 0 unspecified atom stereocenters. The second-order valence-electron chi connectivity index (χ2n) is 25.3. The first-order valence-electron chi connectivity index (χ1n) is 23.4. The molecule has 61 heavy (non-hydrogen) atoms. The van der Waals surface area contributed by atoms with Gasteiger partial charge in [-0.3, -0.25) is 4.90 Å². The number of furan rings is 1. The van der Waals surface area contributed by atoms with Crippen molar-refractivity contribution < 1.29 is 4.42 Å². The molecule has 0 amide bonds. The van der Waals surface area contributed by atoms with Gasteiger partial charge in [0.25, 0.3) is 6.71 Å². The molecule has 0 N–H and O–H groups in total. The zero-order chi connectivity index (χ0) is 44.4. The molecular weight excluding hydrogens is 739 g/mol. The van der Waals surface area contributed by atoms with Crippen LogP contribution in [-0.4, -0.2) is 6.71 Å². The van der Waals surface area contributed by atoms with Crippen LogP contribution in [0.2, 0.25) is 0 Å². The van der Waals surface area contributed by atoms with Crippen LogP contribution in [0.4, 0.5) is 34.3 Å². The maximum atomic E-state index is 7.66. The van der Waals surface area contributed by atoms with Crippen LogP contribution in [0.3, 0.4) is 0 Å². The van der Waals surface area contributed by atoms with Crippen molar-refractivity contribution >= 4 is 57.4 Å². The number of benzene rings is 4. The molecule has 0 bridgehead atoms. The molecule has 4 aromatic carbocycles. The molecule has 0 spiro atoms. The van der Waals surface area contributed by atoms with Crippen molar-refractivity contribution in [3.05, 3.63) is 111 Å². The lowest BCUT2D eigenvalue weighted by Crippen LogP contribution is -2.63. The van der Waals surface area contributed by atoms with Crippen LogP contribution in [0.25, 0.3) is 0 Å². The molecule has 0 saturated heterocycles. The summed E-state index contributed by atoms with van der Waals surface area (Å²) in [5, 5.41) is 0. The van der Waals surface area contributed by atoms with Crippen LogP contribution in [0.1, 0.15) is 188 Å². The maximum absolute atomic E-state index is 7.66. The highest BCUT2D eigenvalue weighted by Crippen LogP contribution is 2.55. The lowest BCUT2D eigenvalue weighted by molar-refractivity contribution is 0.280. The van der Waals surface area contributed by atoms with Gasteiger partial charge in [0.15, 0.2) is 5.88 Å². The molecule has 9 rings (SSSR count). The second kappa shape index (κ2) is 13.0. The highest BCUT2D eigenvalue weighted by atomic mass is 16.4. The van der Waals surface area contributed by atoms with Crippen molar-refractivity contribution in [3.63, 3.8) is 0 Å². The largest absolute Gasteiger partial charge is 0.444 e. The molecule has 1 aromatic heterocycles. The Balaban J connectivity index is 1.45. The first-order chi connectivity index (χ1) is 28.0. The van der Waals surface area contributed by atoms with E-state index in [1.54, 1.807) is 0 Å². The van der Waals surface area contributed by atoms with Gasteiger partial charge in [0.05, 0.1) is 0 Å². The molecule has 320 valence electrons. The summed E-state index contributed by atoms with van der Waals surface area (Å²) in [6.45, 7) is 43.0. The lowest BCUT2D eigenvalue weighted by atomic mass is 9.32. The third kappa shape index (κ3) is 6.41. The molecule has 5 aromatic rings. The van der Waals surface area contributed by atoms with Gasteiger partial charge < -0.3 is 9.32 Å².